The average molecular weight is 341 g/mol. The van der Waals surface area contributed by atoms with Crippen LogP contribution in [-0.2, 0) is 11.3 Å². The van der Waals surface area contributed by atoms with E-state index in [4.69, 9.17) is 0 Å². The minimum absolute atomic E-state index is 0.0343. The Kier molecular flexibility index (Phi) is 5.74. The number of urea groups is 1. The summed E-state index contributed by atoms with van der Waals surface area (Å²) < 4.78 is 0. The van der Waals surface area contributed by atoms with E-state index < -0.39 is 0 Å². The molecule has 1 aromatic rings. The molecule has 1 saturated heterocycles. The summed E-state index contributed by atoms with van der Waals surface area (Å²) in [7, 11) is 1.80. The van der Waals surface area contributed by atoms with Crippen molar-refractivity contribution >= 4 is 11.9 Å². The van der Waals surface area contributed by atoms with Gasteiger partial charge in [-0.05, 0) is 30.2 Å². The SMILES string of the molecule is CN(Cc1ccccc1)C(=O)CCNC(=O)N1CC2CC=CCC2C1. The lowest BCUT2D eigenvalue weighted by Crippen LogP contribution is -2.40. The first-order valence-electron chi connectivity index (χ1n) is 9.09. The molecule has 0 bridgehead atoms. The smallest absolute Gasteiger partial charge is 0.317 e. The number of allylic oxidation sites excluding steroid dienone is 2. The first-order valence-corrected chi connectivity index (χ1v) is 9.09. The van der Waals surface area contributed by atoms with Gasteiger partial charge in [0.25, 0.3) is 0 Å². The Bertz CT molecular complexity index is 613. The van der Waals surface area contributed by atoms with Gasteiger partial charge in [0.05, 0.1) is 0 Å². The van der Waals surface area contributed by atoms with Crippen LogP contribution in [0.1, 0.15) is 24.8 Å². The maximum Gasteiger partial charge on any atom is 0.317 e. The van der Waals surface area contributed by atoms with E-state index in [9.17, 15) is 9.59 Å². The molecule has 3 rings (SSSR count). The van der Waals surface area contributed by atoms with Gasteiger partial charge in [-0.1, -0.05) is 42.5 Å². The van der Waals surface area contributed by atoms with Crippen LogP contribution >= 0.6 is 0 Å². The molecule has 5 nitrogen and oxygen atoms in total. The van der Waals surface area contributed by atoms with Crippen molar-refractivity contribution in [3.05, 3.63) is 48.0 Å². The standard InChI is InChI=1S/C20H27N3O2/c1-22(13-16-7-3-2-4-8-16)19(24)11-12-21-20(25)23-14-17-9-5-6-10-18(17)15-23/h2-8,17-18H,9-15H2,1H3,(H,21,25). The lowest BCUT2D eigenvalue weighted by molar-refractivity contribution is -0.130. The van der Waals surface area contributed by atoms with Crippen LogP contribution in [0.3, 0.4) is 0 Å². The topological polar surface area (TPSA) is 52.7 Å². The summed E-state index contributed by atoms with van der Waals surface area (Å²) in [6.45, 7) is 2.66. The Morgan fingerprint density at radius 1 is 1.12 bits per heavy atom. The Hall–Kier alpha value is -2.30. The number of nitrogens with one attached hydrogen (secondary N) is 1. The van der Waals surface area contributed by atoms with Crippen LogP contribution in [0.25, 0.3) is 0 Å². The second-order valence-electron chi connectivity index (χ2n) is 7.09. The summed E-state index contributed by atoms with van der Waals surface area (Å²) in [6.07, 6.45) is 6.94. The van der Waals surface area contributed by atoms with Gasteiger partial charge in [-0.2, -0.15) is 0 Å². The molecule has 1 aliphatic heterocycles. The molecule has 0 aromatic heterocycles. The lowest BCUT2D eigenvalue weighted by atomic mass is 9.86. The van der Waals surface area contributed by atoms with Crippen molar-refractivity contribution in [3.63, 3.8) is 0 Å². The first-order chi connectivity index (χ1) is 12.1. The van der Waals surface area contributed by atoms with Crippen LogP contribution in [0.4, 0.5) is 4.79 Å². The average Bonchev–Trinajstić information content (AvgIpc) is 3.06. The number of rotatable bonds is 5. The van der Waals surface area contributed by atoms with E-state index in [-0.39, 0.29) is 11.9 Å². The molecule has 2 aliphatic rings. The normalized spacial score (nSPS) is 21.7. The van der Waals surface area contributed by atoms with Crippen molar-refractivity contribution in [2.75, 3.05) is 26.7 Å². The largest absolute Gasteiger partial charge is 0.341 e. The lowest BCUT2D eigenvalue weighted by Gasteiger charge is -2.19. The molecule has 5 heteroatoms. The molecular weight excluding hydrogens is 314 g/mol. The van der Waals surface area contributed by atoms with Crippen molar-refractivity contribution < 1.29 is 9.59 Å². The fraction of sp³-hybridized carbons (Fsp3) is 0.500. The van der Waals surface area contributed by atoms with E-state index in [2.05, 4.69) is 17.5 Å². The molecule has 1 aromatic carbocycles. The van der Waals surface area contributed by atoms with E-state index in [0.29, 0.717) is 31.3 Å². The van der Waals surface area contributed by atoms with Crippen LogP contribution in [0.15, 0.2) is 42.5 Å². The molecule has 0 radical (unpaired) electrons. The summed E-state index contributed by atoms with van der Waals surface area (Å²) in [5.41, 5.74) is 1.11. The molecule has 2 unspecified atom stereocenters. The van der Waals surface area contributed by atoms with Gasteiger partial charge in [0.1, 0.15) is 0 Å². The zero-order valence-corrected chi connectivity index (χ0v) is 14.9. The zero-order valence-electron chi connectivity index (χ0n) is 14.9. The quantitative estimate of drug-likeness (QED) is 0.837. The molecule has 25 heavy (non-hydrogen) atoms. The van der Waals surface area contributed by atoms with Gasteiger partial charge in [0, 0.05) is 39.6 Å². The third kappa shape index (κ3) is 4.62. The van der Waals surface area contributed by atoms with E-state index in [1.807, 2.05) is 35.2 Å². The number of benzene rings is 1. The maximum absolute atomic E-state index is 12.3. The highest BCUT2D eigenvalue weighted by atomic mass is 16.2. The van der Waals surface area contributed by atoms with Crippen molar-refractivity contribution in [2.24, 2.45) is 11.8 Å². The van der Waals surface area contributed by atoms with Gasteiger partial charge < -0.3 is 15.1 Å². The molecule has 1 heterocycles. The van der Waals surface area contributed by atoms with Gasteiger partial charge in [-0.15, -0.1) is 0 Å². The molecule has 1 N–H and O–H groups in total. The van der Waals surface area contributed by atoms with Crippen molar-refractivity contribution in [3.8, 4) is 0 Å². The van der Waals surface area contributed by atoms with Crippen LogP contribution < -0.4 is 5.32 Å². The van der Waals surface area contributed by atoms with Gasteiger partial charge in [-0.25, -0.2) is 4.79 Å². The molecule has 3 amide bonds. The minimum atomic E-state index is -0.0343. The fourth-order valence-electron chi connectivity index (χ4n) is 3.71. The summed E-state index contributed by atoms with van der Waals surface area (Å²) in [6, 6.07) is 9.88. The minimum Gasteiger partial charge on any atom is -0.341 e. The van der Waals surface area contributed by atoms with Gasteiger partial charge in [-0.3, -0.25) is 4.79 Å². The number of amides is 3. The van der Waals surface area contributed by atoms with Crippen molar-refractivity contribution in [2.45, 2.75) is 25.8 Å². The van der Waals surface area contributed by atoms with Gasteiger partial charge in [0.2, 0.25) is 5.91 Å². The number of carbonyl (C=O) groups is 2. The Labute approximate surface area is 149 Å². The van der Waals surface area contributed by atoms with Crippen molar-refractivity contribution in [1.29, 1.82) is 0 Å². The van der Waals surface area contributed by atoms with Crippen LogP contribution in [0, 0.1) is 11.8 Å². The monoisotopic (exact) mass is 341 g/mol. The second kappa shape index (κ2) is 8.19. The van der Waals surface area contributed by atoms with E-state index >= 15 is 0 Å². The highest BCUT2D eigenvalue weighted by Gasteiger charge is 2.34. The molecule has 134 valence electrons. The van der Waals surface area contributed by atoms with Crippen LogP contribution in [-0.4, -0.2) is 48.4 Å². The molecule has 0 saturated carbocycles. The van der Waals surface area contributed by atoms with Crippen molar-refractivity contribution in [1.82, 2.24) is 15.1 Å². The third-order valence-corrected chi connectivity index (χ3v) is 5.21. The summed E-state index contributed by atoms with van der Waals surface area (Å²) >= 11 is 0. The fourth-order valence-corrected chi connectivity index (χ4v) is 3.71. The number of carbonyl (C=O) groups excluding carboxylic acids is 2. The first kappa shape index (κ1) is 17.5. The predicted octanol–water partition coefficient (Wildman–Crippen LogP) is 2.64. The Morgan fingerprint density at radius 2 is 1.76 bits per heavy atom. The molecule has 1 fully saturated rings. The van der Waals surface area contributed by atoms with E-state index in [1.54, 1.807) is 11.9 Å². The predicted molar refractivity (Wildman–Crippen MR) is 97.9 cm³/mol. The number of hydrogen-bond acceptors (Lipinski definition) is 2. The summed E-state index contributed by atoms with van der Waals surface area (Å²) in [5, 5.41) is 2.90. The molecular formula is C20H27N3O2. The van der Waals surface area contributed by atoms with Gasteiger partial charge >= 0.3 is 6.03 Å². The molecule has 0 spiro atoms. The highest BCUT2D eigenvalue weighted by Crippen LogP contribution is 2.32. The summed E-state index contributed by atoms with van der Waals surface area (Å²) in [5.74, 6) is 1.26. The second-order valence-corrected chi connectivity index (χ2v) is 7.09. The number of hydrogen-bond donors (Lipinski definition) is 1. The van der Waals surface area contributed by atoms with Crippen LogP contribution in [0.2, 0.25) is 0 Å². The highest BCUT2D eigenvalue weighted by molar-refractivity contribution is 5.78. The van der Waals surface area contributed by atoms with Crippen LogP contribution in [0.5, 0.6) is 0 Å². The van der Waals surface area contributed by atoms with Gasteiger partial charge in [0.15, 0.2) is 0 Å². The molecule has 1 aliphatic carbocycles. The third-order valence-electron chi connectivity index (χ3n) is 5.21. The Balaban J connectivity index is 1.37. The number of fused-ring (bicyclic) bond motifs is 1. The van der Waals surface area contributed by atoms with E-state index in [0.717, 1.165) is 31.5 Å². The molecule has 2 atom stereocenters. The number of nitrogens with zero attached hydrogens (tertiary/aromatic N) is 2. The maximum atomic E-state index is 12.3. The zero-order chi connectivity index (χ0) is 17.6. The number of likely N-dealkylation sites (tertiary alicyclic amines) is 1. The summed E-state index contributed by atoms with van der Waals surface area (Å²) in [4.78, 5) is 28.1. The Morgan fingerprint density at radius 3 is 2.40 bits per heavy atom. The van der Waals surface area contributed by atoms with E-state index in [1.165, 1.54) is 0 Å².